The van der Waals surface area contributed by atoms with E-state index in [-0.39, 0.29) is 17.9 Å². The van der Waals surface area contributed by atoms with Gasteiger partial charge in [-0.05, 0) is 6.42 Å². The van der Waals surface area contributed by atoms with E-state index in [1.165, 1.54) is 7.05 Å². The Morgan fingerprint density at radius 3 is 2.92 bits per heavy atom. The molecule has 1 aliphatic rings. The number of carbonyl (C=O) groups is 2. The van der Waals surface area contributed by atoms with Gasteiger partial charge in [-0.2, -0.15) is 0 Å². The molecule has 1 aliphatic heterocycles. The molecular weight excluding hydrogens is 224 g/mol. The molecule has 1 rings (SSSR count). The molecule has 12 heavy (non-hydrogen) atoms. The molecule has 5 heteroatoms. The highest BCUT2D eigenvalue weighted by Crippen LogP contribution is 2.12. The zero-order valence-electron chi connectivity index (χ0n) is 6.84. The summed E-state index contributed by atoms with van der Waals surface area (Å²) in [6.07, 6.45) is 0.767. The van der Waals surface area contributed by atoms with Crippen LogP contribution in [0.25, 0.3) is 0 Å². The maximum atomic E-state index is 11.4. The first kappa shape index (κ1) is 9.51. The van der Waals surface area contributed by atoms with E-state index in [4.69, 9.17) is 0 Å². The Morgan fingerprint density at radius 1 is 1.67 bits per heavy atom. The van der Waals surface area contributed by atoms with Gasteiger partial charge in [0, 0.05) is 18.9 Å². The minimum atomic E-state index is -0.300. The van der Waals surface area contributed by atoms with Crippen molar-refractivity contribution in [1.82, 2.24) is 10.2 Å². The molecule has 68 valence electrons. The van der Waals surface area contributed by atoms with E-state index in [1.54, 1.807) is 0 Å². The third kappa shape index (κ3) is 1.77. The Morgan fingerprint density at radius 2 is 2.33 bits per heavy atom. The number of halogens is 1. The molecule has 3 amide bonds. The smallest absolute Gasteiger partial charge is 0.323 e. The largest absolute Gasteiger partial charge is 0.337 e. The summed E-state index contributed by atoms with van der Waals surface area (Å²) in [5.74, 6) is -0.148. The molecule has 1 saturated heterocycles. The van der Waals surface area contributed by atoms with Crippen molar-refractivity contribution in [2.45, 2.75) is 6.42 Å². The number of carbonyl (C=O) groups excluding carboxylic acids is 2. The van der Waals surface area contributed by atoms with Gasteiger partial charge in [0.1, 0.15) is 0 Å². The van der Waals surface area contributed by atoms with E-state index in [9.17, 15) is 9.59 Å². The molecular formula is C7H11BrN2O2. The molecule has 4 nitrogen and oxygen atoms in total. The van der Waals surface area contributed by atoms with Crippen molar-refractivity contribution in [3.63, 3.8) is 0 Å². The van der Waals surface area contributed by atoms with Crippen molar-refractivity contribution in [3.8, 4) is 0 Å². The summed E-state index contributed by atoms with van der Waals surface area (Å²) >= 11 is 3.26. The summed E-state index contributed by atoms with van der Waals surface area (Å²) in [7, 11) is 1.50. The highest BCUT2D eigenvalue weighted by atomic mass is 79.9. The van der Waals surface area contributed by atoms with Crippen LogP contribution in [0.15, 0.2) is 0 Å². The van der Waals surface area contributed by atoms with Crippen molar-refractivity contribution in [1.29, 1.82) is 0 Å². The molecule has 0 aromatic heterocycles. The van der Waals surface area contributed by atoms with E-state index in [0.717, 1.165) is 16.7 Å². The van der Waals surface area contributed by atoms with Gasteiger partial charge in [-0.3, -0.25) is 9.69 Å². The maximum absolute atomic E-state index is 11.4. The van der Waals surface area contributed by atoms with E-state index < -0.39 is 0 Å². The van der Waals surface area contributed by atoms with Gasteiger partial charge in [0.25, 0.3) is 0 Å². The quantitative estimate of drug-likeness (QED) is 0.711. The van der Waals surface area contributed by atoms with Crippen LogP contribution in [0.4, 0.5) is 4.79 Å². The van der Waals surface area contributed by atoms with Crippen LogP contribution < -0.4 is 5.32 Å². The predicted octanol–water partition coefficient (Wildman–Crippen LogP) is 0.569. The van der Waals surface area contributed by atoms with Gasteiger partial charge in [0.2, 0.25) is 5.91 Å². The van der Waals surface area contributed by atoms with Gasteiger partial charge in [-0.15, -0.1) is 0 Å². The van der Waals surface area contributed by atoms with Crippen LogP contribution in [0.5, 0.6) is 0 Å². The van der Waals surface area contributed by atoms with Gasteiger partial charge in [-0.1, -0.05) is 15.9 Å². The number of imide groups is 1. The van der Waals surface area contributed by atoms with Crippen molar-refractivity contribution >= 4 is 27.9 Å². The van der Waals surface area contributed by atoms with Crippen LogP contribution >= 0.6 is 15.9 Å². The summed E-state index contributed by atoms with van der Waals surface area (Å²) in [4.78, 5) is 23.4. The van der Waals surface area contributed by atoms with E-state index in [1.807, 2.05) is 0 Å². The fraction of sp³-hybridized carbons (Fsp3) is 0.714. The highest BCUT2D eigenvalue weighted by Gasteiger charge is 2.30. The summed E-state index contributed by atoms with van der Waals surface area (Å²) in [6.45, 7) is 0.466. The molecule has 0 saturated carbocycles. The van der Waals surface area contributed by atoms with Crippen LogP contribution in [0, 0.1) is 5.92 Å². The second-order valence-corrected chi connectivity index (χ2v) is 3.55. The molecule has 0 aromatic carbocycles. The molecule has 0 bridgehead atoms. The second kappa shape index (κ2) is 3.89. The number of rotatable bonds is 2. The highest BCUT2D eigenvalue weighted by molar-refractivity contribution is 9.09. The summed E-state index contributed by atoms with van der Waals surface area (Å²) in [6, 6.07) is -0.300. The summed E-state index contributed by atoms with van der Waals surface area (Å²) in [5.41, 5.74) is 0. The van der Waals surface area contributed by atoms with Crippen molar-refractivity contribution in [3.05, 3.63) is 0 Å². The molecule has 1 atom stereocenters. The minimum absolute atomic E-state index is 0.0629. The first-order chi connectivity index (χ1) is 5.66. The Hall–Kier alpha value is -0.580. The molecule has 0 spiro atoms. The monoisotopic (exact) mass is 234 g/mol. The molecule has 1 fully saturated rings. The van der Waals surface area contributed by atoms with Gasteiger partial charge >= 0.3 is 6.03 Å². The molecule has 1 heterocycles. The average Bonchev–Trinajstić information content (AvgIpc) is 2.07. The van der Waals surface area contributed by atoms with Gasteiger partial charge in [-0.25, -0.2) is 4.79 Å². The Balaban J connectivity index is 2.59. The third-order valence-corrected chi connectivity index (χ3v) is 2.40. The van der Waals surface area contributed by atoms with Gasteiger partial charge in [0.05, 0.1) is 5.92 Å². The molecule has 1 unspecified atom stereocenters. The lowest BCUT2D eigenvalue weighted by atomic mass is 10.0. The number of hydrogen-bond acceptors (Lipinski definition) is 2. The van der Waals surface area contributed by atoms with E-state index in [2.05, 4.69) is 21.2 Å². The minimum Gasteiger partial charge on any atom is -0.337 e. The normalized spacial score (nSPS) is 24.2. The number of nitrogens with zero attached hydrogens (tertiary/aromatic N) is 1. The summed E-state index contributed by atoms with van der Waals surface area (Å²) < 4.78 is 0. The molecule has 0 aromatic rings. The van der Waals surface area contributed by atoms with Crippen LogP contribution in [0.1, 0.15) is 6.42 Å². The Kier molecular flexibility index (Phi) is 3.08. The number of amides is 3. The lowest BCUT2D eigenvalue weighted by molar-refractivity contribution is -0.132. The van der Waals surface area contributed by atoms with Crippen molar-refractivity contribution < 1.29 is 9.59 Å². The zero-order valence-corrected chi connectivity index (χ0v) is 8.43. The lowest BCUT2D eigenvalue weighted by Gasteiger charge is -2.28. The van der Waals surface area contributed by atoms with Gasteiger partial charge in [0.15, 0.2) is 0 Å². The van der Waals surface area contributed by atoms with E-state index >= 15 is 0 Å². The molecule has 0 radical (unpaired) electrons. The van der Waals surface area contributed by atoms with Crippen LogP contribution in [-0.4, -0.2) is 35.8 Å². The summed E-state index contributed by atoms with van der Waals surface area (Å²) in [5, 5.41) is 3.43. The fourth-order valence-corrected chi connectivity index (χ4v) is 1.70. The van der Waals surface area contributed by atoms with Crippen LogP contribution in [0.2, 0.25) is 0 Å². The number of hydrogen-bond donors (Lipinski definition) is 1. The number of alkyl halides is 1. The third-order valence-electron chi connectivity index (χ3n) is 1.94. The zero-order chi connectivity index (χ0) is 9.14. The van der Waals surface area contributed by atoms with Gasteiger partial charge < -0.3 is 5.32 Å². The number of nitrogens with one attached hydrogen (secondary N) is 1. The SMILES string of the molecule is CN1C(=O)NCC(CCBr)C1=O. The predicted molar refractivity (Wildman–Crippen MR) is 48.1 cm³/mol. The molecule has 1 N–H and O–H groups in total. The molecule has 0 aliphatic carbocycles. The topological polar surface area (TPSA) is 49.4 Å². The van der Waals surface area contributed by atoms with Crippen LogP contribution in [0.3, 0.4) is 0 Å². The Labute approximate surface area is 79.4 Å². The maximum Gasteiger partial charge on any atom is 0.323 e. The second-order valence-electron chi connectivity index (χ2n) is 2.76. The standard InChI is InChI=1S/C7H11BrN2O2/c1-10-6(11)5(2-3-8)4-9-7(10)12/h5H,2-4H2,1H3,(H,9,12). The van der Waals surface area contributed by atoms with Crippen molar-refractivity contribution in [2.75, 3.05) is 18.9 Å². The first-order valence-corrected chi connectivity index (χ1v) is 4.90. The van der Waals surface area contributed by atoms with E-state index in [0.29, 0.717) is 6.54 Å². The average molecular weight is 235 g/mol. The first-order valence-electron chi connectivity index (χ1n) is 3.78. The lowest BCUT2D eigenvalue weighted by Crippen LogP contribution is -2.52. The van der Waals surface area contributed by atoms with Crippen LogP contribution in [-0.2, 0) is 4.79 Å². The van der Waals surface area contributed by atoms with Crippen molar-refractivity contribution in [2.24, 2.45) is 5.92 Å². The Bertz CT molecular complexity index is 208. The number of urea groups is 1. The fourth-order valence-electron chi connectivity index (χ4n) is 1.15.